The van der Waals surface area contributed by atoms with Crippen LogP contribution < -0.4 is 9.64 Å². The highest BCUT2D eigenvalue weighted by Gasteiger charge is 2.45. The second kappa shape index (κ2) is 7.03. The molecule has 7 heteroatoms. The smallest absolute Gasteiger partial charge is 0.294 e. The Balaban J connectivity index is 1.85. The molecule has 3 aromatic rings. The van der Waals surface area contributed by atoms with Gasteiger partial charge in [-0.25, -0.2) is 0 Å². The summed E-state index contributed by atoms with van der Waals surface area (Å²) in [5.41, 5.74) is 0.871. The Labute approximate surface area is 160 Å². The molecule has 0 spiro atoms. The number of benzene rings is 1. The van der Waals surface area contributed by atoms with E-state index in [1.54, 1.807) is 61.8 Å². The maximum Gasteiger partial charge on any atom is 0.294 e. The van der Waals surface area contributed by atoms with Crippen LogP contribution in [0.3, 0.4) is 0 Å². The van der Waals surface area contributed by atoms with Gasteiger partial charge in [0.1, 0.15) is 11.8 Å². The number of ether oxygens (including phenoxy) is 1. The summed E-state index contributed by atoms with van der Waals surface area (Å²) < 4.78 is 10.3. The van der Waals surface area contributed by atoms with Crippen molar-refractivity contribution in [3.05, 3.63) is 89.8 Å². The fourth-order valence-corrected chi connectivity index (χ4v) is 3.20. The Bertz CT molecular complexity index is 1040. The van der Waals surface area contributed by atoms with E-state index in [1.165, 1.54) is 17.2 Å². The molecule has 1 amide bonds. The van der Waals surface area contributed by atoms with Crippen molar-refractivity contribution in [1.82, 2.24) is 4.98 Å². The van der Waals surface area contributed by atoms with Gasteiger partial charge in [0.05, 0.1) is 24.6 Å². The van der Waals surface area contributed by atoms with Crippen LogP contribution in [-0.4, -0.2) is 28.9 Å². The molecule has 0 saturated heterocycles. The number of carbonyl (C=O) groups excluding carboxylic acids is 2. The summed E-state index contributed by atoms with van der Waals surface area (Å²) in [5.74, 6) is -1.22. The van der Waals surface area contributed by atoms with Crippen LogP contribution in [0, 0.1) is 0 Å². The first-order chi connectivity index (χ1) is 13.6. The van der Waals surface area contributed by atoms with Gasteiger partial charge in [0.15, 0.2) is 11.5 Å². The molecule has 0 saturated carbocycles. The number of ketones is 1. The van der Waals surface area contributed by atoms with Crippen LogP contribution in [0.1, 0.15) is 22.3 Å². The van der Waals surface area contributed by atoms with Crippen molar-refractivity contribution in [1.29, 1.82) is 0 Å². The minimum Gasteiger partial charge on any atom is -0.503 e. The van der Waals surface area contributed by atoms with Crippen LogP contribution >= 0.6 is 0 Å². The minimum atomic E-state index is -0.889. The fourth-order valence-electron chi connectivity index (χ4n) is 3.20. The van der Waals surface area contributed by atoms with Gasteiger partial charge in [-0.2, -0.15) is 0 Å². The number of pyridine rings is 1. The molecule has 0 fully saturated rings. The number of hydrogen-bond donors (Lipinski definition) is 1. The number of methoxy groups -OCH3 is 1. The quantitative estimate of drug-likeness (QED) is 0.686. The molecule has 1 atom stereocenters. The van der Waals surface area contributed by atoms with Gasteiger partial charge in [-0.05, 0) is 48.5 Å². The Morgan fingerprint density at radius 1 is 1.14 bits per heavy atom. The van der Waals surface area contributed by atoms with Crippen LogP contribution in [0.5, 0.6) is 5.75 Å². The van der Waals surface area contributed by atoms with Crippen molar-refractivity contribution in [3.63, 3.8) is 0 Å². The molecule has 0 radical (unpaired) electrons. The van der Waals surface area contributed by atoms with Gasteiger partial charge in [0.25, 0.3) is 5.91 Å². The molecule has 1 aromatic carbocycles. The highest BCUT2D eigenvalue weighted by molar-refractivity contribution is 6.20. The molecule has 0 aliphatic carbocycles. The highest BCUT2D eigenvalue weighted by Crippen LogP contribution is 2.41. The van der Waals surface area contributed by atoms with E-state index in [0.29, 0.717) is 17.1 Å². The fraction of sp³-hybridized carbons (Fsp3) is 0.0952. The molecule has 1 aliphatic heterocycles. The Kier molecular flexibility index (Phi) is 4.41. The summed E-state index contributed by atoms with van der Waals surface area (Å²) in [7, 11) is 1.54. The predicted molar refractivity (Wildman–Crippen MR) is 100 cm³/mol. The van der Waals surface area contributed by atoms with Crippen LogP contribution in [0.25, 0.3) is 0 Å². The summed E-state index contributed by atoms with van der Waals surface area (Å²) in [6.45, 7) is 0. The van der Waals surface area contributed by atoms with Gasteiger partial charge in [-0.15, -0.1) is 0 Å². The van der Waals surface area contributed by atoms with Gasteiger partial charge in [0, 0.05) is 11.9 Å². The monoisotopic (exact) mass is 376 g/mol. The number of nitrogens with zero attached hydrogens (tertiary/aromatic N) is 2. The summed E-state index contributed by atoms with van der Waals surface area (Å²) in [6.07, 6.45) is 2.93. The lowest BCUT2D eigenvalue weighted by molar-refractivity contribution is -0.117. The van der Waals surface area contributed by atoms with Crippen LogP contribution in [0.2, 0.25) is 0 Å². The third kappa shape index (κ3) is 2.83. The van der Waals surface area contributed by atoms with E-state index in [9.17, 15) is 14.7 Å². The molecule has 1 aliphatic rings. The Morgan fingerprint density at radius 2 is 1.93 bits per heavy atom. The number of hydrogen-bond acceptors (Lipinski definition) is 6. The summed E-state index contributed by atoms with van der Waals surface area (Å²) >= 11 is 0. The van der Waals surface area contributed by atoms with Crippen molar-refractivity contribution in [2.75, 3.05) is 12.0 Å². The number of aromatic nitrogens is 1. The van der Waals surface area contributed by atoms with Crippen molar-refractivity contribution in [3.8, 4) is 5.75 Å². The summed E-state index contributed by atoms with van der Waals surface area (Å²) in [5, 5.41) is 10.6. The molecule has 7 nitrogen and oxygen atoms in total. The minimum absolute atomic E-state index is 0.0341. The van der Waals surface area contributed by atoms with E-state index in [4.69, 9.17) is 9.15 Å². The van der Waals surface area contributed by atoms with Crippen LogP contribution in [0.4, 0.5) is 5.69 Å². The first-order valence-corrected chi connectivity index (χ1v) is 8.51. The molecule has 28 heavy (non-hydrogen) atoms. The average molecular weight is 376 g/mol. The molecule has 3 heterocycles. The van der Waals surface area contributed by atoms with E-state index >= 15 is 0 Å². The highest BCUT2D eigenvalue weighted by atomic mass is 16.5. The number of amides is 1. The molecule has 4 rings (SSSR count). The topological polar surface area (TPSA) is 92.9 Å². The van der Waals surface area contributed by atoms with Gasteiger partial charge in [-0.1, -0.05) is 6.07 Å². The van der Waals surface area contributed by atoms with Crippen LogP contribution in [-0.2, 0) is 4.79 Å². The number of aliphatic hydroxyl groups excluding tert-OH is 1. The normalized spacial score (nSPS) is 16.5. The molecule has 140 valence electrons. The lowest BCUT2D eigenvalue weighted by atomic mass is 9.98. The van der Waals surface area contributed by atoms with E-state index in [0.717, 1.165) is 0 Å². The molecule has 0 bridgehead atoms. The van der Waals surface area contributed by atoms with Crippen molar-refractivity contribution in [2.24, 2.45) is 0 Å². The van der Waals surface area contributed by atoms with Gasteiger partial charge in [0.2, 0.25) is 5.78 Å². The molecular formula is C21H16N2O5. The lowest BCUT2D eigenvalue weighted by Crippen LogP contribution is -2.31. The number of aliphatic hydroxyl groups is 1. The van der Waals surface area contributed by atoms with Crippen molar-refractivity contribution in [2.45, 2.75) is 6.04 Å². The number of Topliss-reactive ketones (excluding diaryl/α,β-unsaturated/α-hetero) is 1. The van der Waals surface area contributed by atoms with E-state index < -0.39 is 23.5 Å². The first-order valence-electron chi connectivity index (χ1n) is 8.51. The number of anilines is 1. The Morgan fingerprint density at radius 3 is 2.54 bits per heavy atom. The second-order valence-electron chi connectivity index (χ2n) is 6.10. The third-order valence-electron chi connectivity index (χ3n) is 4.52. The maximum absolute atomic E-state index is 13.0. The standard InChI is InChI=1S/C21H16N2O5/c1-27-14-9-7-13(8-10-14)23-18(15-5-2-3-11-22-15)17(20(25)21(23)26)19(24)16-6-4-12-28-16/h2-12,18,25H,1H3. The first kappa shape index (κ1) is 17.5. The summed E-state index contributed by atoms with van der Waals surface area (Å²) in [4.78, 5) is 31.5. The number of rotatable bonds is 5. The molecular weight excluding hydrogens is 360 g/mol. The zero-order chi connectivity index (χ0) is 19.7. The molecule has 2 aromatic heterocycles. The zero-order valence-corrected chi connectivity index (χ0v) is 14.9. The molecule has 1 N–H and O–H groups in total. The van der Waals surface area contributed by atoms with Gasteiger partial charge < -0.3 is 14.3 Å². The Hall–Kier alpha value is -3.87. The zero-order valence-electron chi connectivity index (χ0n) is 14.9. The maximum atomic E-state index is 13.0. The van der Waals surface area contributed by atoms with Gasteiger partial charge >= 0.3 is 0 Å². The SMILES string of the molecule is COc1ccc(N2C(=O)C(O)=C(C(=O)c3ccco3)C2c2ccccn2)cc1. The van der Waals surface area contributed by atoms with Gasteiger partial charge in [-0.3, -0.25) is 19.5 Å². The van der Waals surface area contributed by atoms with E-state index in [2.05, 4.69) is 4.98 Å². The van der Waals surface area contributed by atoms with E-state index in [1.807, 2.05) is 0 Å². The van der Waals surface area contributed by atoms with Crippen LogP contribution in [0.15, 0.2) is 82.8 Å². The largest absolute Gasteiger partial charge is 0.503 e. The van der Waals surface area contributed by atoms with Crippen molar-refractivity contribution < 1.29 is 23.8 Å². The average Bonchev–Trinajstić information content (AvgIpc) is 3.36. The molecule has 1 unspecified atom stereocenters. The van der Waals surface area contributed by atoms with Crippen molar-refractivity contribution >= 4 is 17.4 Å². The summed E-state index contributed by atoms with van der Waals surface area (Å²) in [6, 6.07) is 14.1. The number of carbonyl (C=O) groups is 2. The third-order valence-corrected chi connectivity index (χ3v) is 4.52. The van der Waals surface area contributed by atoms with E-state index in [-0.39, 0.29) is 11.3 Å². The lowest BCUT2D eigenvalue weighted by Gasteiger charge is -2.26. The number of furan rings is 1. The predicted octanol–water partition coefficient (Wildman–Crippen LogP) is 3.47. The second-order valence-corrected chi connectivity index (χ2v) is 6.10.